The number of hydrogen-bond acceptors (Lipinski definition) is 7. The van der Waals surface area contributed by atoms with Gasteiger partial charge in [0.05, 0.1) is 0 Å². The Morgan fingerprint density at radius 3 is 1.25 bits per heavy atom. The number of esters is 2. The molecule has 0 saturated heterocycles. The first kappa shape index (κ1) is 28.2. The minimum atomic E-state index is -0.966. The van der Waals surface area contributed by atoms with Gasteiger partial charge in [-0.3, -0.25) is 14.4 Å². The largest absolute Gasteiger partial charge is 0.456 e. The third-order valence-electron chi connectivity index (χ3n) is 5.24. The van der Waals surface area contributed by atoms with E-state index in [0.717, 1.165) is 0 Å². The lowest BCUT2D eigenvalue weighted by Crippen LogP contribution is -2.46. The molecule has 0 aliphatic heterocycles. The normalized spacial score (nSPS) is 12.4. The number of hydrogen-bond donors (Lipinski definition) is 2. The topological polar surface area (TPSA) is 128 Å². The number of carbonyl (C=O) groups is 5. The highest BCUT2D eigenvalue weighted by molar-refractivity contribution is 5.98. The van der Waals surface area contributed by atoms with Crippen LogP contribution >= 0.6 is 0 Å². The highest BCUT2D eigenvalue weighted by Gasteiger charge is 2.28. The van der Waals surface area contributed by atoms with E-state index in [1.54, 1.807) is 88.4 Å². The third-order valence-corrected chi connectivity index (χ3v) is 5.24. The Morgan fingerprint density at radius 2 is 0.944 bits per heavy atom. The number of nitrogens with one attached hydrogen (secondary N) is 2. The SMILES string of the molecule is CC(C)[C@H](NC(=O)c1ccccc1)C(=O)OCC(=O)COC(=O)[C@@H](NC(=O)c1ccccc1)C(C)C. The highest BCUT2D eigenvalue weighted by atomic mass is 16.6. The van der Waals surface area contributed by atoms with E-state index < -0.39 is 54.8 Å². The second kappa shape index (κ2) is 13.8. The van der Waals surface area contributed by atoms with Gasteiger partial charge < -0.3 is 20.1 Å². The van der Waals surface area contributed by atoms with E-state index in [0.29, 0.717) is 11.1 Å². The van der Waals surface area contributed by atoms with Gasteiger partial charge in [-0.1, -0.05) is 64.1 Å². The minimum Gasteiger partial charge on any atom is -0.456 e. The van der Waals surface area contributed by atoms with Crippen molar-refractivity contribution in [3.05, 3.63) is 71.8 Å². The van der Waals surface area contributed by atoms with E-state index in [2.05, 4.69) is 10.6 Å². The zero-order valence-corrected chi connectivity index (χ0v) is 20.9. The highest BCUT2D eigenvalue weighted by Crippen LogP contribution is 2.09. The molecule has 0 unspecified atom stereocenters. The maximum Gasteiger partial charge on any atom is 0.329 e. The molecule has 0 aliphatic rings. The van der Waals surface area contributed by atoms with Crippen molar-refractivity contribution in [2.45, 2.75) is 39.8 Å². The zero-order chi connectivity index (χ0) is 26.7. The summed E-state index contributed by atoms with van der Waals surface area (Å²) in [6, 6.07) is 14.9. The zero-order valence-electron chi connectivity index (χ0n) is 20.9. The number of ketones is 1. The first-order chi connectivity index (χ1) is 17.1. The van der Waals surface area contributed by atoms with Crippen LogP contribution in [-0.4, -0.2) is 54.8 Å². The summed E-state index contributed by atoms with van der Waals surface area (Å²) in [5.74, 6) is -3.66. The van der Waals surface area contributed by atoms with E-state index in [1.807, 2.05) is 0 Å². The fourth-order valence-corrected chi connectivity index (χ4v) is 3.15. The minimum absolute atomic E-state index is 0.293. The summed E-state index contributed by atoms with van der Waals surface area (Å²) < 4.78 is 10.1. The molecule has 0 aliphatic carbocycles. The first-order valence-corrected chi connectivity index (χ1v) is 11.7. The molecule has 192 valence electrons. The van der Waals surface area contributed by atoms with Crippen LogP contribution in [0.4, 0.5) is 0 Å². The van der Waals surface area contributed by atoms with Gasteiger partial charge in [-0.25, -0.2) is 9.59 Å². The molecule has 9 heteroatoms. The Kier molecular flexibility index (Phi) is 10.8. The summed E-state index contributed by atoms with van der Waals surface area (Å²) in [6.45, 7) is 5.68. The fourth-order valence-electron chi connectivity index (χ4n) is 3.15. The number of carbonyl (C=O) groups excluding carboxylic acids is 5. The Labute approximate surface area is 210 Å². The van der Waals surface area contributed by atoms with Crippen molar-refractivity contribution < 1.29 is 33.4 Å². The van der Waals surface area contributed by atoms with Crippen LogP contribution in [0.1, 0.15) is 48.4 Å². The summed E-state index contributed by atoms with van der Waals surface area (Å²) in [4.78, 5) is 62.0. The molecular formula is C27H32N2O7. The molecule has 9 nitrogen and oxygen atoms in total. The Bertz CT molecular complexity index is 969. The van der Waals surface area contributed by atoms with Crippen LogP contribution in [0.3, 0.4) is 0 Å². The van der Waals surface area contributed by atoms with Crippen molar-refractivity contribution in [3.63, 3.8) is 0 Å². The summed E-state index contributed by atoms with van der Waals surface area (Å²) in [6.07, 6.45) is 0. The molecule has 2 amide bonds. The molecule has 0 heterocycles. The molecule has 0 aromatic heterocycles. The van der Waals surface area contributed by atoms with Crippen molar-refractivity contribution in [1.29, 1.82) is 0 Å². The summed E-state index contributed by atoms with van der Waals surface area (Å²) >= 11 is 0. The average Bonchev–Trinajstić information content (AvgIpc) is 2.87. The van der Waals surface area contributed by atoms with Crippen LogP contribution in [0.15, 0.2) is 60.7 Å². The second-order valence-corrected chi connectivity index (χ2v) is 8.88. The summed E-state index contributed by atoms with van der Waals surface area (Å²) in [5.41, 5.74) is 0.774. The summed E-state index contributed by atoms with van der Waals surface area (Å²) in [7, 11) is 0. The maximum absolute atomic E-state index is 12.5. The van der Waals surface area contributed by atoms with Crippen LogP contribution in [0.5, 0.6) is 0 Å². The number of ether oxygens (including phenoxy) is 2. The van der Waals surface area contributed by atoms with Gasteiger partial charge in [-0.2, -0.15) is 0 Å². The van der Waals surface area contributed by atoms with Crippen LogP contribution in [-0.2, 0) is 23.9 Å². The van der Waals surface area contributed by atoms with Gasteiger partial charge in [-0.15, -0.1) is 0 Å². The predicted molar refractivity (Wildman–Crippen MR) is 132 cm³/mol. The fraction of sp³-hybridized carbons (Fsp3) is 0.370. The molecular weight excluding hydrogens is 464 g/mol. The Balaban J connectivity index is 1.85. The maximum atomic E-state index is 12.5. The number of rotatable bonds is 12. The molecule has 0 spiro atoms. The van der Waals surface area contributed by atoms with Gasteiger partial charge in [0, 0.05) is 11.1 Å². The molecule has 36 heavy (non-hydrogen) atoms. The Morgan fingerprint density at radius 1 is 0.611 bits per heavy atom. The number of benzene rings is 2. The lowest BCUT2D eigenvalue weighted by atomic mass is 10.0. The monoisotopic (exact) mass is 496 g/mol. The first-order valence-electron chi connectivity index (χ1n) is 11.7. The van der Waals surface area contributed by atoms with Crippen LogP contribution in [0.2, 0.25) is 0 Å². The van der Waals surface area contributed by atoms with Crippen molar-refractivity contribution in [2.75, 3.05) is 13.2 Å². The van der Waals surface area contributed by atoms with Gasteiger partial charge in [0.1, 0.15) is 12.1 Å². The molecule has 2 aromatic carbocycles. The van der Waals surface area contributed by atoms with Gasteiger partial charge in [0.2, 0.25) is 5.78 Å². The number of Topliss-reactive ketones (excluding diaryl/α,β-unsaturated/α-hetero) is 1. The molecule has 2 N–H and O–H groups in total. The van der Waals surface area contributed by atoms with Gasteiger partial charge >= 0.3 is 11.9 Å². The lowest BCUT2D eigenvalue weighted by Gasteiger charge is -2.21. The average molecular weight is 497 g/mol. The van der Waals surface area contributed by atoms with Gasteiger partial charge in [0.25, 0.3) is 11.8 Å². The van der Waals surface area contributed by atoms with E-state index in [9.17, 15) is 24.0 Å². The smallest absolute Gasteiger partial charge is 0.329 e. The van der Waals surface area contributed by atoms with Crippen molar-refractivity contribution in [3.8, 4) is 0 Å². The molecule has 0 bridgehead atoms. The second-order valence-electron chi connectivity index (χ2n) is 8.88. The molecule has 2 rings (SSSR count). The standard InChI is InChI=1S/C27H32N2O7/c1-17(2)22(28-24(31)19-11-7-5-8-12-19)26(33)35-15-21(30)16-36-27(34)23(18(3)4)29-25(32)20-13-9-6-10-14-20/h5-14,17-18,22-23H,15-16H2,1-4H3,(H,28,31)(H,29,32)/t22-,23-/m0/s1. The van der Waals surface area contributed by atoms with E-state index in [4.69, 9.17) is 9.47 Å². The third kappa shape index (κ3) is 8.65. The quantitative estimate of drug-likeness (QED) is 0.432. The molecule has 0 fully saturated rings. The Hall–Kier alpha value is -4.01. The van der Waals surface area contributed by atoms with E-state index >= 15 is 0 Å². The lowest BCUT2D eigenvalue weighted by molar-refractivity contribution is -0.155. The number of amides is 2. The molecule has 0 radical (unpaired) electrons. The molecule has 2 atom stereocenters. The predicted octanol–water partition coefficient (Wildman–Crippen LogP) is 2.55. The van der Waals surface area contributed by atoms with E-state index in [-0.39, 0.29) is 11.8 Å². The van der Waals surface area contributed by atoms with Crippen molar-refractivity contribution in [2.24, 2.45) is 11.8 Å². The van der Waals surface area contributed by atoms with Gasteiger partial charge in [0.15, 0.2) is 13.2 Å². The van der Waals surface area contributed by atoms with Crippen LogP contribution in [0, 0.1) is 11.8 Å². The van der Waals surface area contributed by atoms with E-state index in [1.165, 1.54) is 0 Å². The van der Waals surface area contributed by atoms with Crippen molar-refractivity contribution >= 4 is 29.5 Å². The molecule has 0 saturated carbocycles. The van der Waals surface area contributed by atoms with Crippen LogP contribution in [0.25, 0.3) is 0 Å². The van der Waals surface area contributed by atoms with Gasteiger partial charge in [-0.05, 0) is 36.1 Å². The molecule has 2 aromatic rings. The van der Waals surface area contributed by atoms with Crippen LogP contribution < -0.4 is 10.6 Å². The van der Waals surface area contributed by atoms with Crippen molar-refractivity contribution in [1.82, 2.24) is 10.6 Å². The summed E-state index contributed by atoms with van der Waals surface area (Å²) in [5, 5.41) is 5.23.